The minimum atomic E-state index is 0.0254. The number of nitrogens with zero attached hydrogens (tertiary/aromatic N) is 2. The van der Waals surface area contributed by atoms with Crippen LogP contribution in [0.5, 0.6) is 0 Å². The fraction of sp³-hybridized carbons (Fsp3) is 0.417. The van der Waals surface area contributed by atoms with E-state index in [1.807, 2.05) is 19.1 Å². The molecule has 0 radical (unpaired) electrons. The second-order valence-electron chi connectivity index (χ2n) is 4.12. The van der Waals surface area contributed by atoms with E-state index in [2.05, 4.69) is 22.2 Å². The van der Waals surface area contributed by atoms with Gasteiger partial charge >= 0.3 is 0 Å². The van der Waals surface area contributed by atoms with E-state index < -0.39 is 0 Å². The maximum atomic E-state index is 8.75. The molecule has 4 nitrogen and oxygen atoms in total. The van der Waals surface area contributed by atoms with Crippen molar-refractivity contribution in [3.05, 3.63) is 35.4 Å². The molecular formula is C12H17N3O. The Bertz CT molecular complexity index is 378. The molecule has 0 aromatic heterocycles. The van der Waals surface area contributed by atoms with Crippen molar-refractivity contribution in [2.24, 2.45) is 10.9 Å². The van der Waals surface area contributed by atoms with Gasteiger partial charge in [0.15, 0.2) is 5.84 Å². The highest BCUT2D eigenvalue weighted by Crippen LogP contribution is 2.25. The summed E-state index contributed by atoms with van der Waals surface area (Å²) in [6.07, 6.45) is 0.851. The molecule has 1 heterocycles. The predicted octanol–water partition coefficient (Wildman–Crippen LogP) is 1.53. The molecule has 0 bridgehead atoms. The standard InChI is InChI=1S/C12H17N3O/c1-2-11(12(13)14-16)15-7-9-5-3-4-6-10(9)8-15/h3-6,11,16H,2,7-8H2,1H3,(H2,13,14). The Labute approximate surface area is 95.4 Å². The van der Waals surface area contributed by atoms with Crippen LogP contribution in [0.1, 0.15) is 24.5 Å². The van der Waals surface area contributed by atoms with Gasteiger partial charge in [0.25, 0.3) is 0 Å². The Balaban J connectivity index is 2.16. The summed E-state index contributed by atoms with van der Waals surface area (Å²) in [6, 6.07) is 8.39. The molecule has 1 aromatic rings. The molecule has 1 atom stereocenters. The van der Waals surface area contributed by atoms with E-state index in [1.165, 1.54) is 11.1 Å². The summed E-state index contributed by atoms with van der Waals surface area (Å²) in [5.41, 5.74) is 8.38. The lowest BCUT2D eigenvalue weighted by Crippen LogP contribution is -2.41. The van der Waals surface area contributed by atoms with Crippen LogP contribution in [0.15, 0.2) is 29.4 Å². The number of nitrogens with two attached hydrogens (primary N) is 1. The molecule has 16 heavy (non-hydrogen) atoms. The van der Waals surface area contributed by atoms with Crippen molar-refractivity contribution in [2.45, 2.75) is 32.5 Å². The van der Waals surface area contributed by atoms with Crippen molar-refractivity contribution in [3.8, 4) is 0 Å². The Morgan fingerprint density at radius 3 is 2.44 bits per heavy atom. The largest absolute Gasteiger partial charge is 0.409 e. The predicted molar refractivity (Wildman–Crippen MR) is 63.2 cm³/mol. The van der Waals surface area contributed by atoms with E-state index in [1.54, 1.807) is 0 Å². The maximum absolute atomic E-state index is 8.75. The van der Waals surface area contributed by atoms with Gasteiger partial charge in [0.2, 0.25) is 0 Å². The highest BCUT2D eigenvalue weighted by molar-refractivity contribution is 5.85. The molecule has 0 aliphatic carbocycles. The van der Waals surface area contributed by atoms with Gasteiger partial charge in [-0.1, -0.05) is 36.3 Å². The molecular weight excluding hydrogens is 202 g/mol. The minimum absolute atomic E-state index is 0.0254. The van der Waals surface area contributed by atoms with Crippen LogP contribution >= 0.6 is 0 Å². The van der Waals surface area contributed by atoms with Crippen LogP contribution in [0, 0.1) is 0 Å². The zero-order valence-electron chi connectivity index (χ0n) is 9.43. The topological polar surface area (TPSA) is 61.9 Å². The molecule has 0 amide bonds. The minimum Gasteiger partial charge on any atom is -0.409 e. The van der Waals surface area contributed by atoms with E-state index in [4.69, 9.17) is 10.9 Å². The maximum Gasteiger partial charge on any atom is 0.156 e. The second kappa shape index (κ2) is 4.53. The van der Waals surface area contributed by atoms with Crippen molar-refractivity contribution in [1.29, 1.82) is 0 Å². The first-order valence-electron chi connectivity index (χ1n) is 5.54. The van der Waals surface area contributed by atoms with Gasteiger partial charge in [-0.15, -0.1) is 0 Å². The lowest BCUT2D eigenvalue weighted by atomic mass is 10.1. The molecule has 0 fully saturated rings. The molecule has 1 unspecified atom stereocenters. The molecule has 4 heteroatoms. The quantitative estimate of drug-likeness (QED) is 0.351. The number of rotatable bonds is 3. The number of fused-ring (bicyclic) bond motifs is 1. The fourth-order valence-corrected chi connectivity index (χ4v) is 2.30. The summed E-state index contributed by atoms with van der Waals surface area (Å²) in [5, 5.41) is 11.9. The second-order valence-corrected chi connectivity index (χ2v) is 4.12. The van der Waals surface area contributed by atoms with Crippen LogP contribution in [-0.4, -0.2) is 22.0 Å². The number of benzene rings is 1. The van der Waals surface area contributed by atoms with Crippen molar-refractivity contribution in [1.82, 2.24) is 4.90 Å². The molecule has 1 aromatic carbocycles. The first-order chi connectivity index (χ1) is 7.76. The van der Waals surface area contributed by atoms with Crippen LogP contribution in [0.2, 0.25) is 0 Å². The van der Waals surface area contributed by atoms with Crippen molar-refractivity contribution in [3.63, 3.8) is 0 Å². The van der Waals surface area contributed by atoms with E-state index >= 15 is 0 Å². The number of oxime groups is 1. The highest BCUT2D eigenvalue weighted by atomic mass is 16.4. The smallest absolute Gasteiger partial charge is 0.156 e. The van der Waals surface area contributed by atoms with Gasteiger partial charge in [-0.3, -0.25) is 4.90 Å². The van der Waals surface area contributed by atoms with Crippen molar-refractivity contribution >= 4 is 5.84 Å². The molecule has 3 N–H and O–H groups in total. The lowest BCUT2D eigenvalue weighted by Gasteiger charge is -2.24. The average molecular weight is 219 g/mol. The first-order valence-corrected chi connectivity index (χ1v) is 5.54. The molecule has 0 saturated carbocycles. The highest BCUT2D eigenvalue weighted by Gasteiger charge is 2.26. The van der Waals surface area contributed by atoms with Gasteiger partial charge in [-0.05, 0) is 17.5 Å². The van der Waals surface area contributed by atoms with Gasteiger partial charge < -0.3 is 10.9 Å². The third kappa shape index (κ3) is 1.88. The van der Waals surface area contributed by atoms with Crippen LogP contribution in [-0.2, 0) is 13.1 Å². The van der Waals surface area contributed by atoms with Gasteiger partial charge in [0.1, 0.15) is 0 Å². The fourth-order valence-electron chi connectivity index (χ4n) is 2.30. The summed E-state index contributed by atoms with van der Waals surface area (Å²) >= 11 is 0. The Morgan fingerprint density at radius 1 is 1.44 bits per heavy atom. The summed E-state index contributed by atoms with van der Waals surface area (Å²) < 4.78 is 0. The van der Waals surface area contributed by atoms with Crippen molar-refractivity contribution in [2.75, 3.05) is 0 Å². The van der Waals surface area contributed by atoms with Crippen LogP contribution in [0.4, 0.5) is 0 Å². The third-order valence-electron chi connectivity index (χ3n) is 3.15. The van der Waals surface area contributed by atoms with Gasteiger partial charge in [0.05, 0.1) is 6.04 Å². The van der Waals surface area contributed by atoms with Crippen LogP contribution in [0.25, 0.3) is 0 Å². The molecule has 1 aliphatic rings. The zero-order valence-corrected chi connectivity index (χ0v) is 9.43. The first kappa shape index (κ1) is 11.0. The number of hydrogen-bond acceptors (Lipinski definition) is 3. The Morgan fingerprint density at radius 2 is 2.00 bits per heavy atom. The van der Waals surface area contributed by atoms with Crippen LogP contribution in [0.3, 0.4) is 0 Å². The molecule has 2 rings (SSSR count). The normalized spacial score (nSPS) is 18.4. The van der Waals surface area contributed by atoms with E-state index in [0.717, 1.165) is 19.5 Å². The number of hydrogen-bond donors (Lipinski definition) is 2. The third-order valence-corrected chi connectivity index (χ3v) is 3.15. The van der Waals surface area contributed by atoms with Crippen molar-refractivity contribution < 1.29 is 5.21 Å². The summed E-state index contributed by atoms with van der Waals surface area (Å²) in [7, 11) is 0. The number of amidine groups is 1. The van der Waals surface area contributed by atoms with Gasteiger partial charge in [-0.2, -0.15) is 0 Å². The summed E-state index contributed by atoms with van der Waals surface area (Å²) in [6.45, 7) is 3.81. The summed E-state index contributed by atoms with van der Waals surface area (Å²) in [5.74, 6) is 0.301. The average Bonchev–Trinajstić information content (AvgIpc) is 2.72. The molecule has 86 valence electrons. The Hall–Kier alpha value is -1.55. The van der Waals surface area contributed by atoms with E-state index in [-0.39, 0.29) is 6.04 Å². The van der Waals surface area contributed by atoms with E-state index in [9.17, 15) is 0 Å². The van der Waals surface area contributed by atoms with Gasteiger partial charge in [-0.25, -0.2) is 0 Å². The summed E-state index contributed by atoms with van der Waals surface area (Å²) in [4.78, 5) is 2.24. The molecule has 0 saturated heterocycles. The lowest BCUT2D eigenvalue weighted by molar-refractivity contribution is 0.233. The van der Waals surface area contributed by atoms with E-state index in [0.29, 0.717) is 5.84 Å². The SMILES string of the molecule is CCC(C(N)=NO)N1Cc2ccccc2C1. The van der Waals surface area contributed by atoms with Gasteiger partial charge in [0, 0.05) is 13.1 Å². The molecule has 1 aliphatic heterocycles. The monoisotopic (exact) mass is 219 g/mol. The zero-order chi connectivity index (χ0) is 11.5. The molecule has 0 spiro atoms. The van der Waals surface area contributed by atoms with Crippen LogP contribution < -0.4 is 5.73 Å². The Kier molecular flexibility index (Phi) is 3.10.